The summed E-state index contributed by atoms with van der Waals surface area (Å²) in [7, 11) is -4.73. The normalized spacial score (nSPS) is 17.3. The van der Waals surface area contributed by atoms with E-state index in [0.29, 0.717) is 44.8 Å². The van der Waals surface area contributed by atoms with E-state index in [0.717, 1.165) is 22.5 Å². The number of hydrogen-bond donors (Lipinski definition) is 4. The highest BCUT2D eigenvalue weighted by atomic mass is 19.3. The second-order valence-corrected chi connectivity index (χ2v) is 10.0. The van der Waals surface area contributed by atoms with Gasteiger partial charge < -0.3 is 33.1 Å². The summed E-state index contributed by atoms with van der Waals surface area (Å²) in [4.78, 5) is 6.30. The first-order valence-corrected chi connectivity index (χ1v) is 13.4. The van der Waals surface area contributed by atoms with Gasteiger partial charge in [-0.25, -0.2) is 4.99 Å². The average molecular weight is 566 g/mol. The summed E-state index contributed by atoms with van der Waals surface area (Å²) < 4.78 is 40.3. The van der Waals surface area contributed by atoms with Gasteiger partial charge in [0.15, 0.2) is 11.5 Å². The van der Waals surface area contributed by atoms with E-state index in [1.165, 1.54) is 6.08 Å². The molecule has 4 N–H and O–H groups in total. The fourth-order valence-electron chi connectivity index (χ4n) is 4.71. The van der Waals surface area contributed by atoms with Crippen LogP contribution in [0.1, 0.15) is 58.6 Å². The van der Waals surface area contributed by atoms with Crippen molar-refractivity contribution in [3.63, 3.8) is 0 Å². The Labute approximate surface area is 243 Å². The van der Waals surface area contributed by atoms with Crippen LogP contribution in [-0.4, -0.2) is 28.0 Å². The summed E-state index contributed by atoms with van der Waals surface area (Å²) in [6.07, 6.45) is 1.41. The summed E-state index contributed by atoms with van der Waals surface area (Å²) in [5, 5.41) is 19.4. The molecule has 2 aromatic carbocycles. The maximum atomic E-state index is 15.1. The third kappa shape index (κ3) is 5.66. The van der Waals surface area contributed by atoms with Crippen LogP contribution in [0.25, 0.3) is 5.76 Å². The van der Waals surface area contributed by atoms with E-state index in [2.05, 4.69) is 33.7 Å². The van der Waals surface area contributed by atoms with Gasteiger partial charge in [-0.15, -0.1) is 0 Å². The fraction of sp³-hybridized carbons (Fsp3) is 0.182. The van der Waals surface area contributed by atoms with Gasteiger partial charge in [0.2, 0.25) is 0 Å². The van der Waals surface area contributed by atoms with E-state index in [9.17, 15) is 10.2 Å². The Morgan fingerprint density at radius 3 is 2.05 bits per heavy atom. The second kappa shape index (κ2) is 11.6. The fourth-order valence-corrected chi connectivity index (χ4v) is 4.71. The van der Waals surface area contributed by atoms with Crippen molar-refractivity contribution >= 4 is 18.6 Å². The minimum absolute atomic E-state index is 0.119. The molecular formula is C33H29BF2N2O4. The third-order valence-electron chi connectivity index (χ3n) is 7.30. The molecule has 0 amide bonds. The number of benzene rings is 2. The molecule has 0 saturated carbocycles. The minimum Gasteiger partial charge on any atom is -0.626 e. The molecule has 0 bridgehead atoms. The molecule has 0 aliphatic carbocycles. The van der Waals surface area contributed by atoms with Gasteiger partial charge in [0, 0.05) is 35.4 Å². The summed E-state index contributed by atoms with van der Waals surface area (Å²) >= 11 is 0. The van der Waals surface area contributed by atoms with Crippen molar-refractivity contribution in [1.82, 2.24) is 4.98 Å². The molecule has 3 heterocycles. The SMILES string of the molecule is CC1=[NH+]/C(=C2/C=C(c3[nH]c(C)c(C)c3C#Cc3ccccc3CO)O[B-](F)(F)O2)C(C#Cc2ccccc2CO)=C1C. The van der Waals surface area contributed by atoms with Crippen molar-refractivity contribution in [3.8, 4) is 23.7 Å². The molecular weight excluding hydrogens is 537 g/mol. The van der Waals surface area contributed by atoms with Crippen molar-refractivity contribution in [2.75, 3.05) is 0 Å². The van der Waals surface area contributed by atoms with E-state index in [1.54, 1.807) is 24.3 Å². The lowest BCUT2D eigenvalue weighted by molar-refractivity contribution is -0.391. The van der Waals surface area contributed by atoms with Gasteiger partial charge in [0.25, 0.3) is 5.70 Å². The molecule has 6 nitrogen and oxygen atoms in total. The Kier molecular flexibility index (Phi) is 7.91. The molecule has 1 aromatic heterocycles. The molecule has 0 unspecified atom stereocenters. The maximum absolute atomic E-state index is 15.1. The Hall–Kier alpha value is -4.83. The minimum atomic E-state index is -4.73. The number of aromatic nitrogens is 1. The number of rotatable bonds is 3. The molecule has 2 aliphatic heterocycles. The quantitative estimate of drug-likeness (QED) is 0.286. The van der Waals surface area contributed by atoms with Crippen LogP contribution in [0.4, 0.5) is 8.63 Å². The topological polar surface area (TPSA) is 88.7 Å². The highest BCUT2D eigenvalue weighted by molar-refractivity contribution is 6.53. The summed E-state index contributed by atoms with van der Waals surface area (Å²) in [5.41, 5.74) is 7.26. The number of allylic oxidation sites excluding steroid dienone is 3. The molecule has 9 heteroatoms. The van der Waals surface area contributed by atoms with Gasteiger partial charge in [0.05, 0.1) is 24.5 Å². The Bertz CT molecular complexity index is 1840. The number of aryl methyl sites for hydroxylation is 1. The Morgan fingerprint density at radius 2 is 1.43 bits per heavy atom. The highest BCUT2D eigenvalue weighted by Crippen LogP contribution is 2.36. The smallest absolute Gasteiger partial charge is 0.626 e. The molecule has 0 saturated heterocycles. The van der Waals surface area contributed by atoms with Crippen molar-refractivity contribution in [1.29, 1.82) is 0 Å². The van der Waals surface area contributed by atoms with Crippen molar-refractivity contribution in [2.45, 2.75) is 40.9 Å². The molecule has 0 fully saturated rings. The number of aliphatic hydroxyl groups is 2. The van der Waals surface area contributed by atoms with Crippen LogP contribution in [0.2, 0.25) is 0 Å². The predicted octanol–water partition coefficient (Wildman–Crippen LogP) is 3.91. The van der Waals surface area contributed by atoms with E-state index in [4.69, 9.17) is 9.31 Å². The summed E-state index contributed by atoms with van der Waals surface area (Å²) in [6, 6.07) is 14.4. The largest absolute Gasteiger partial charge is 0.726 e. The van der Waals surface area contributed by atoms with Crippen LogP contribution >= 0.6 is 0 Å². The standard InChI is InChI=1S/C33H28BF2N2O4/c1-20-22(3)37-32(28(20)15-13-24-9-5-7-11-26(24)18-39)30-17-31(42-34(35,36)41-30)33-29(21(2)23(4)38-33)16-14-25-10-6-8-12-27(25)19-40/h5-12,17,37,39-40H,18-19H2,1-4H3/q-1/p+1/b33-31-. The lowest BCUT2D eigenvalue weighted by Crippen LogP contribution is -2.68. The molecule has 2 aliphatic rings. The first kappa shape index (κ1) is 28.7. The van der Waals surface area contributed by atoms with Gasteiger partial charge in [-0.05, 0) is 49.6 Å². The molecule has 212 valence electrons. The molecule has 5 rings (SSSR count). The van der Waals surface area contributed by atoms with Crippen molar-refractivity contribution in [3.05, 3.63) is 122 Å². The predicted molar refractivity (Wildman–Crippen MR) is 157 cm³/mol. The van der Waals surface area contributed by atoms with Crippen molar-refractivity contribution in [2.24, 2.45) is 0 Å². The van der Waals surface area contributed by atoms with Gasteiger partial charge in [-0.3, -0.25) is 0 Å². The van der Waals surface area contributed by atoms with E-state index in [1.807, 2.05) is 52.0 Å². The first-order chi connectivity index (χ1) is 20.1. The number of aromatic amines is 1. The lowest BCUT2D eigenvalue weighted by atomic mass is 10.0. The zero-order valence-corrected chi connectivity index (χ0v) is 23.7. The van der Waals surface area contributed by atoms with Gasteiger partial charge in [-0.1, -0.05) is 60.1 Å². The summed E-state index contributed by atoms with van der Waals surface area (Å²) in [5.74, 6) is 12.1. The Morgan fingerprint density at radius 1 is 0.833 bits per heavy atom. The lowest BCUT2D eigenvalue weighted by Gasteiger charge is -2.33. The maximum Gasteiger partial charge on any atom is 0.726 e. The van der Waals surface area contributed by atoms with E-state index in [-0.39, 0.29) is 24.7 Å². The van der Waals surface area contributed by atoms with E-state index >= 15 is 8.63 Å². The number of halogens is 2. The van der Waals surface area contributed by atoms with Crippen LogP contribution < -0.4 is 4.99 Å². The molecule has 0 radical (unpaired) electrons. The molecule has 3 aromatic rings. The van der Waals surface area contributed by atoms with Crippen LogP contribution in [-0.2, 0) is 22.5 Å². The van der Waals surface area contributed by atoms with E-state index < -0.39 is 7.11 Å². The molecule has 0 atom stereocenters. The monoisotopic (exact) mass is 566 g/mol. The van der Waals surface area contributed by atoms with Crippen LogP contribution in [0.5, 0.6) is 0 Å². The number of aliphatic hydroxyl groups excluding tert-OH is 2. The second-order valence-electron chi connectivity index (χ2n) is 10.0. The number of H-pyrrole nitrogens is 1. The molecule has 42 heavy (non-hydrogen) atoms. The number of hydrogen-bond acceptors (Lipinski definition) is 4. The zero-order chi connectivity index (χ0) is 30.0. The van der Waals surface area contributed by atoms with Crippen molar-refractivity contribution < 1.29 is 33.1 Å². The zero-order valence-electron chi connectivity index (χ0n) is 23.7. The van der Waals surface area contributed by atoms with Crippen LogP contribution in [0.15, 0.2) is 77.2 Å². The van der Waals surface area contributed by atoms with Gasteiger partial charge >= 0.3 is 7.11 Å². The highest BCUT2D eigenvalue weighted by Gasteiger charge is 2.42. The van der Waals surface area contributed by atoms with Crippen LogP contribution in [0, 0.1) is 37.5 Å². The third-order valence-corrected chi connectivity index (χ3v) is 7.30. The van der Waals surface area contributed by atoms with Gasteiger partial charge in [-0.2, -0.15) is 0 Å². The average Bonchev–Trinajstić information content (AvgIpc) is 3.43. The first-order valence-electron chi connectivity index (χ1n) is 13.4. The van der Waals surface area contributed by atoms with Crippen LogP contribution in [0.3, 0.4) is 0 Å². The molecule has 0 spiro atoms. The Balaban J connectivity index is 1.63. The summed E-state index contributed by atoms with van der Waals surface area (Å²) in [6.45, 7) is 7.01. The number of nitrogens with one attached hydrogen (secondary N) is 2. The van der Waals surface area contributed by atoms with Gasteiger partial charge in [0.1, 0.15) is 11.3 Å².